The van der Waals surface area contributed by atoms with E-state index in [9.17, 15) is 9.18 Å². The Hall–Kier alpha value is -2.56. The van der Waals surface area contributed by atoms with Gasteiger partial charge in [-0.05, 0) is 29.8 Å². The largest absolute Gasteiger partial charge is 0.486 e. The summed E-state index contributed by atoms with van der Waals surface area (Å²) in [4.78, 5) is 11.9. The molecule has 2 aromatic carbocycles. The molecule has 1 aliphatic rings. The van der Waals surface area contributed by atoms with E-state index in [4.69, 9.17) is 15.2 Å². The third kappa shape index (κ3) is 2.81. The van der Waals surface area contributed by atoms with Crippen molar-refractivity contribution >= 4 is 11.7 Å². The van der Waals surface area contributed by atoms with Gasteiger partial charge in [-0.25, -0.2) is 9.18 Å². The first kappa shape index (κ1) is 13.4. The maximum absolute atomic E-state index is 13.3. The number of carbonyl (C=O) groups excluding carboxylic acids is 1. The molecule has 3 rings (SSSR count). The lowest BCUT2D eigenvalue weighted by Gasteiger charge is -2.11. The Morgan fingerprint density at radius 3 is 2.90 bits per heavy atom. The van der Waals surface area contributed by atoms with E-state index in [1.807, 2.05) is 24.3 Å². The molecule has 0 fully saturated rings. The second-order valence-electron chi connectivity index (χ2n) is 4.89. The molecule has 0 aromatic heterocycles. The summed E-state index contributed by atoms with van der Waals surface area (Å²) in [6.45, 7) is 0.125. The average Bonchev–Trinajstić information content (AvgIpc) is 2.90. The van der Waals surface area contributed by atoms with Gasteiger partial charge in [0, 0.05) is 6.42 Å². The lowest BCUT2D eigenvalue weighted by Crippen LogP contribution is -2.23. The number of ether oxygens (including phenoxy) is 2. The molecule has 1 atom stereocenters. The van der Waals surface area contributed by atoms with Gasteiger partial charge in [0.25, 0.3) is 0 Å². The molecule has 0 saturated carbocycles. The molecule has 0 bridgehead atoms. The highest BCUT2D eigenvalue weighted by Gasteiger charge is 2.24. The molecule has 2 N–H and O–H groups in total. The minimum Gasteiger partial charge on any atom is -0.486 e. The molecule has 0 radical (unpaired) electrons. The van der Waals surface area contributed by atoms with Crippen LogP contribution in [0.1, 0.15) is 15.9 Å². The highest BCUT2D eigenvalue weighted by atomic mass is 19.1. The summed E-state index contributed by atoms with van der Waals surface area (Å²) in [7, 11) is 0. The smallest absolute Gasteiger partial charge is 0.338 e. The fourth-order valence-corrected chi connectivity index (χ4v) is 2.25. The number of halogens is 1. The number of rotatable bonds is 3. The molecule has 1 unspecified atom stereocenters. The molecular weight excluding hydrogens is 273 g/mol. The van der Waals surface area contributed by atoms with E-state index >= 15 is 0 Å². The van der Waals surface area contributed by atoms with E-state index in [2.05, 4.69) is 0 Å². The number of nitrogens with two attached hydrogens (primary N) is 1. The number of para-hydroxylation sites is 1. The summed E-state index contributed by atoms with van der Waals surface area (Å²) in [5.41, 5.74) is 6.60. The zero-order chi connectivity index (χ0) is 14.8. The van der Waals surface area contributed by atoms with Crippen molar-refractivity contribution in [2.75, 3.05) is 12.3 Å². The monoisotopic (exact) mass is 287 g/mol. The lowest BCUT2D eigenvalue weighted by molar-refractivity contribution is 0.0346. The van der Waals surface area contributed by atoms with Crippen LogP contribution in [-0.2, 0) is 11.2 Å². The zero-order valence-corrected chi connectivity index (χ0v) is 11.2. The predicted molar refractivity (Wildman–Crippen MR) is 75.7 cm³/mol. The van der Waals surface area contributed by atoms with Crippen LogP contribution in [0.25, 0.3) is 0 Å². The Morgan fingerprint density at radius 2 is 2.14 bits per heavy atom. The van der Waals surface area contributed by atoms with Gasteiger partial charge in [0.2, 0.25) is 0 Å². The van der Waals surface area contributed by atoms with Crippen LogP contribution in [-0.4, -0.2) is 18.7 Å². The second kappa shape index (κ2) is 5.44. The summed E-state index contributed by atoms with van der Waals surface area (Å²) in [6.07, 6.45) is 0.490. The summed E-state index contributed by atoms with van der Waals surface area (Å²) in [6, 6.07) is 11.5. The Labute approximate surface area is 121 Å². The Kier molecular flexibility index (Phi) is 3.48. The highest BCUT2D eigenvalue weighted by molar-refractivity contribution is 5.89. The maximum atomic E-state index is 13.3. The standard InChI is InChI=1S/C16H14FNO3/c17-13-8-11(5-6-14(13)18)16(19)20-9-12-7-10-3-1-2-4-15(10)21-12/h1-6,8,12H,7,9,18H2. The van der Waals surface area contributed by atoms with E-state index < -0.39 is 11.8 Å². The van der Waals surface area contributed by atoms with E-state index in [0.29, 0.717) is 6.42 Å². The third-order valence-corrected chi connectivity index (χ3v) is 3.35. The predicted octanol–water partition coefficient (Wildman–Crippen LogP) is 2.57. The Balaban J connectivity index is 1.59. The van der Waals surface area contributed by atoms with Crippen molar-refractivity contribution in [3.8, 4) is 5.75 Å². The maximum Gasteiger partial charge on any atom is 0.338 e. The third-order valence-electron chi connectivity index (χ3n) is 3.35. The lowest BCUT2D eigenvalue weighted by atomic mass is 10.1. The van der Waals surface area contributed by atoms with Crippen molar-refractivity contribution in [3.05, 3.63) is 59.4 Å². The average molecular weight is 287 g/mol. The molecule has 5 heteroatoms. The number of hydrogen-bond acceptors (Lipinski definition) is 4. The molecule has 2 aromatic rings. The topological polar surface area (TPSA) is 61.6 Å². The van der Waals surface area contributed by atoms with E-state index in [-0.39, 0.29) is 24.0 Å². The molecular formula is C16H14FNO3. The molecule has 21 heavy (non-hydrogen) atoms. The number of anilines is 1. The van der Waals surface area contributed by atoms with E-state index in [0.717, 1.165) is 17.4 Å². The molecule has 1 aliphatic heterocycles. The first-order valence-electron chi connectivity index (χ1n) is 6.60. The van der Waals surface area contributed by atoms with Gasteiger partial charge in [0.1, 0.15) is 24.3 Å². The molecule has 108 valence electrons. The molecule has 0 saturated heterocycles. The quantitative estimate of drug-likeness (QED) is 0.696. The normalized spacial score (nSPS) is 16.1. The van der Waals surface area contributed by atoms with Gasteiger partial charge in [-0.2, -0.15) is 0 Å². The van der Waals surface area contributed by atoms with Crippen LogP contribution in [0.3, 0.4) is 0 Å². The van der Waals surface area contributed by atoms with Crippen LogP contribution in [0.2, 0.25) is 0 Å². The summed E-state index contributed by atoms with van der Waals surface area (Å²) in [5, 5.41) is 0. The minimum atomic E-state index is -0.631. The molecule has 0 amide bonds. The second-order valence-corrected chi connectivity index (χ2v) is 4.89. The number of carbonyl (C=O) groups is 1. The fourth-order valence-electron chi connectivity index (χ4n) is 2.25. The van der Waals surface area contributed by atoms with Crippen molar-refractivity contribution in [2.24, 2.45) is 0 Å². The summed E-state index contributed by atoms with van der Waals surface area (Å²) in [5.74, 6) is -0.403. The van der Waals surface area contributed by atoms with Gasteiger partial charge < -0.3 is 15.2 Å². The first-order chi connectivity index (χ1) is 10.1. The molecule has 4 nitrogen and oxygen atoms in total. The first-order valence-corrected chi connectivity index (χ1v) is 6.60. The summed E-state index contributed by atoms with van der Waals surface area (Å²) < 4.78 is 24.1. The van der Waals surface area contributed by atoms with Crippen LogP contribution in [0, 0.1) is 5.82 Å². The van der Waals surface area contributed by atoms with Gasteiger partial charge in [-0.15, -0.1) is 0 Å². The van der Waals surface area contributed by atoms with Gasteiger partial charge in [-0.1, -0.05) is 18.2 Å². The van der Waals surface area contributed by atoms with Crippen molar-refractivity contribution < 1.29 is 18.7 Å². The summed E-state index contributed by atoms with van der Waals surface area (Å²) >= 11 is 0. The van der Waals surface area contributed by atoms with Crippen LogP contribution in [0.5, 0.6) is 5.75 Å². The fraction of sp³-hybridized carbons (Fsp3) is 0.188. The van der Waals surface area contributed by atoms with Gasteiger partial charge in [-0.3, -0.25) is 0 Å². The van der Waals surface area contributed by atoms with Crippen LogP contribution in [0.4, 0.5) is 10.1 Å². The van der Waals surface area contributed by atoms with Crippen molar-refractivity contribution in [2.45, 2.75) is 12.5 Å². The molecule has 1 heterocycles. The van der Waals surface area contributed by atoms with Crippen LogP contribution in [0.15, 0.2) is 42.5 Å². The Morgan fingerprint density at radius 1 is 1.33 bits per heavy atom. The van der Waals surface area contributed by atoms with Crippen molar-refractivity contribution in [3.63, 3.8) is 0 Å². The van der Waals surface area contributed by atoms with Crippen LogP contribution < -0.4 is 10.5 Å². The van der Waals surface area contributed by atoms with Crippen molar-refractivity contribution in [1.82, 2.24) is 0 Å². The van der Waals surface area contributed by atoms with E-state index in [1.165, 1.54) is 12.1 Å². The van der Waals surface area contributed by atoms with Crippen LogP contribution >= 0.6 is 0 Å². The van der Waals surface area contributed by atoms with Gasteiger partial charge >= 0.3 is 5.97 Å². The number of esters is 1. The highest BCUT2D eigenvalue weighted by Crippen LogP contribution is 2.28. The Bertz CT molecular complexity index is 662. The number of hydrogen-bond donors (Lipinski definition) is 1. The zero-order valence-electron chi connectivity index (χ0n) is 11.2. The number of benzene rings is 2. The minimum absolute atomic E-state index is 0.00104. The van der Waals surface area contributed by atoms with Gasteiger partial charge in [0.15, 0.2) is 0 Å². The molecule has 0 aliphatic carbocycles. The van der Waals surface area contributed by atoms with Crippen molar-refractivity contribution in [1.29, 1.82) is 0 Å². The number of fused-ring (bicyclic) bond motifs is 1. The SMILES string of the molecule is Nc1ccc(C(=O)OCC2Cc3ccccc3O2)cc1F. The molecule has 0 spiro atoms. The number of nitrogen functional groups attached to an aromatic ring is 1. The van der Waals surface area contributed by atoms with Gasteiger partial charge in [0.05, 0.1) is 11.3 Å². The van der Waals surface area contributed by atoms with E-state index in [1.54, 1.807) is 0 Å².